The van der Waals surface area contributed by atoms with E-state index in [0.717, 1.165) is 4.31 Å². The molecule has 4 atom stereocenters. The van der Waals surface area contributed by atoms with E-state index in [-0.39, 0.29) is 18.7 Å². The first kappa shape index (κ1) is 31.3. The van der Waals surface area contributed by atoms with Crippen LogP contribution >= 0.6 is 23.2 Å². The fourth-order valence-corrected chi connectivity index (χ4v) is 7.79. The maximum Gasteiger partial charge on any atom is 0.253 e. The topological polar surface area (TPSA) is 110 Å². The summed E-state index contributed by atoms with van der Waals surface area (Å²) >= 11 is 12.6. The number of rotatable bonds is 11. The molecule has 2 fully saturated rings. The minimum absolute atomic E-state index is 0.0864. The van der Waals surface area contributed by atoms with E-state index in [2.05, 4.69) is 0 Å². The Morgan fingerprint density at radius 3 is 2.35 bits per heavy atom. The molecule has 3 aromatic rings. The minimum atomic E-state index is -3.94. The molecule has 228 valence electrons. The van der Waals surface area contributed by atoms with Crippen LogP contribution in [-0.2, 0) is 24.3 Å². The highest BCUT2D eigenvalue weighted by Gasteiger charge is 2.49. The van der Waals surface area contributed by atoms with E-state index in [1.54, 1.807) is 59.5 Å². The molecular weight excluding hydrogens is 616 g/mol. The van der Waals surface area contributed by atoms with Crippen LogP contribution in [0.3, 0.4) is 0 Å². The smallest absolute Gasteiger partial charge is 0.253 e. The van der Waals surface area contributed by atoms with Gasteiger partial charge in [0.2, 0.25) is 15.9 Å². The van der Waals surface area contributed by atoms with E-state index >= 15 is 4.39 Å². The number of amides is 2. The molecule has 8 nitrogen and oxygen atoms in total. The maximum atomic E-state index is 15.2. The molecule has 43 heavy (non-hydrogen) atoms. The number of nitrogens with two attached hydrogens (primary N) is 1. The average molecular weight is 649 g/mol. The van der Waals surface area contributed by atoms with Gasteiger partial charge in [-0.2, -0.15) is 0 Å². The Labute approximate surface area is 260 Å². The summed E-state index contributed by atoms with van der Waals surface area (Å²) in [7, 11) is -3.94. The van der Waals surface area contributed by atoms with Gasteiger partial charge in [-0.1, -0.05) is 66.5 Å². The number of ether oxygens (including phenoxy) is 1. The van der Waals surface area contributed by atoms with Gasteiger partial charge in [-0.05, 0) is 66.8 Å². The molecule has 12 heteroatoms. The third-order valence-corrected chi connectivity index (χ3v) is 10.6. The number of nitrogens with zero attached hydrogens (tertiary/aromatic N) is 2. The van der Waals surface area contributed by atoms with Gasteiger partial charge in [0.05, 0.1) is 36.0 Å². The second-order valence-corrected chi connectivity index (χ2v) is 13.8. The number of anilines is 1. The molecule has 0 aromatic heterocycles. The monoisotopic (exact) mass is 647 g/mol. The van der Waals surface area contributed by atoms with Gasteiger partial charge in [0, 0.05) is 10.0 Å². The van der Waals surface area contributed by atoms with Crippen LogP contribution in [0.25, 0.3) is 0 Å². The Balaban J connectivity index is 1.66. The maximum absolute atomic E-state index is 15.2. The van der Waals surface area contributed by atoms with Crippen molar-refractivity contribution in [2.24, 2.45) is 5.73 Å². The first-order chi connectivity index (χ1) is 20.5. The summed E-state index contributed by atoms with van der Waals surface area (Å²) in [4.78, 5) is 27.9. The average Bonchev–Trinajstić information content (AvgIpc) is 3.82. The van der Waals surface area contributed by atoms with Crippen molar-refractivity contribution in [2.75, 3.05) is 10.8 Å². The lowest BCUT2D eigenvalue weighted by atomic mass is 9.89. The summed E-state index contributed by atoms with van der Waals surface area (Å²) in [5.41, 5.74) is 6.75. The second-order valence-electron chi connectivity index (χ2n) is 10.8. The van der Waals surface area contributed by atoms with Gasteiger partial charge >= 0.3 is 0 Å². The molecule has 5 rings (SSSR count). The highest BCUT2D eigenvalue weighted by atomic mass is 35.5. The summed E-state index contributed by atoms with van der Waals surface area (Å²) in [6.45, 7) is 1.62. The van der Waals surface area contributed by atoms with Crippen molar-refractivity contribution >= 4 is 50.7 Å². The number of halogens is 3. The quantitative estimate of drug-likeness (QED) is 0.283. The Bertz CT molecular complexity index is 1600. The number of sulfonamides is 1. The molecule has 0 radical (unpaired) electrons. The summed E-state index contributed by atoms with van der Waals surface area (Å²) in [6, 6.07) is 18.1. The molecule has 2 amide bonds. The van der Waals surface area contributed by atoms with Crippen molar-refractivity contribution in [3.8, 4) is 0 Å². The molecule has 1 heterocycles. The van der Waals surface area contributed by atoms with E-state index in [0.29, 0.717) is 40.4 Å². The third-order valence-electron chi connectivity index (χ3n) is 7.82. The fraction of sp³-hybridized carbons (Fsp3) is 0.355. The number of carbonyl (C=O) groups excluding carboxylic acids is 2. The van der Waals surface area contributed by atoms with Gasteiger partial charge in [-0.15, -0.1) is 0 Å². The zero-order valence-electron chi connectivity index (χ0n) is 23.4. The van der Waals surface area contributed by atoms with E-state index in [9.17, 15) is 18.0 Å². The highest BCUT2D eigenvalue weighted by molar-refractivity contribution is 7.93. The van der Waals surface area contributed by atoms with Crippen molar-refractivity contribution < 1.29 is 27.1 Å². The molecule has 1 saturated carbocycles. The molecule has 1 aliphatic heterocycles. The summed E-state index contributed by atoms with van der Waals surface area (Å²) in [5, 5.41) is 0.301. The van der Waals surface area contributed by atoms with Gasteiger partial charge in [-0.25, -0.2) is 12.8 Å². The Kier molecular flexibility index (Phi) is 9.31. The SMILES string of the molecule is CC[C@@H](CN(c1ccccc1F)S(=O)(=O)C1CC1)N1C(=O)[C@@H](CC(N)=O)O[C@H](c2cccc(Cl)c2)[C@H]1c1ccc(Cl)cc1. The second kappa shape index (κ2) is 12.8. The first-order valence-corrected chi connectivity index (χ1v) is 16.3. The number of primary amides is 1. The van der Waals surface area contributed by atoms with Crippen molar-refractivity contribution in [3.05, 3.63) is 99.8 Å². The molecule has 0 spiro atoms. The molecule has 3 aromatic carbocycles. The molecule has 0 unspecified atom stereocenters. The van der Waals surface area contributed by atoms with Crippen LogP contribution in [0.4, 0.5) is 10.1 Å². The van der Waals surface area contributed by atoms with Crippen LogP contribution in [0.5, 0.6) is 0 Å². The summed E-state index contributed by atoms with van der Waals surface area (Å²) in [6.07, 6.45) is -1.16. The Morgan fingerprint density at radius 2 is 1.74 bits per heavy atom. The van der Waals surface area contributed by atoms with Crippen LogP contribution in [0.15, 0.2) is 72.8 Å². The lowest BCUT2D eigenvalue weighted by Gasteiger charge is -2.48. The number of carbonyl (C=O) groups is 2. The molecule has 1 aliphatic carbocycles. The van der Waals surface area contributed by atoms with E-state index in [1.807, 2.05) is 6.92 Å². The van der Waals surface area contributed by atoms with Gasteiger partial charge in [0.1, 0.15) is 18.0 Å². The van der Waals surface area contributed by atoms with Crippen molar-refractivity contribution in [2.45, 2.75) is 62.1 Å². The van der Waals surface area contributed by atoms with Crippen LogP contribution in [0.2, 0.25) is 10.0 Å². The Hall–Kier alpha value is -3.18. The van der Waals surface area contributed by atoms with Crippen molar-refractivity contribution in [1.82, 2.24) is 4.90 Å². The van der Waals surface area contributed by atoms with Gasteiger partial charge in [-0.3, -0.25) is 13.9 Å². The van der Waals surface area contributed by atoms with E-state index in [1.165, 1.54) is 18.2 Å². The van der Waals surface area contributed by atoms with Crippen molar-refractivity contribution in [1.29, 1.82) is 0 Å². The van der Waals surface area contributed by atoms with Crippen LogP contribution < -0.4 is 10.0 Å². The van der Waals surface area contributed by atoms with E-state index in [4.69, 9.17) is 33.7 Å². The zero-order valence-corrected chi connectivity index (χ0v) is 25.7. The van der Waals surface area contributed by atoms with Crippen LogP contribution in [0, 0.1) is 5.82 Å². The minimum Gasteiger partial charge on any atom is -0.370 e. The van der Waals surface area contributed by atoms with Gasteiger partial charge in [0.15, 0.2) is 0 Å². The fourth-order valence-electron chi connectivity index (χ4n) is 5.57. The van der Waals surface area contributed by atoms with Gasteiger partial charge in [0.25, 0.3) is 5.91 Å². The molecule has 0 bridgehead atoms. The third kappa shape index (κ3) is 6.67. The largest absolute Gasteiger partial charge is 0.370 e. The molecular formula is C31H32Cl2FN3O5S. The first-order valence-electron chi connectivity index (χ1n) is 14.0. The van der Waals surface area contributed by atoms with E-state index < -0.39 is 57.2 Å². The Morgan fingerprint density at radius 1 is 1.05 bits per heavy atom. The predicted octanol–water partition coefficient (Wildman–Crippen LogP) is 5.80. The molecule has 2 N–H and O–H groups in total. The zero-order chi connectivity index (χ0) is 30.9. The molecule has 2 aliphatic rings. The lowest BCUT2D eigenvalue weighted by molar-refractivity contribution is -0.180. The van der Waals surface area contributed by atoms with Crippen LogP contribution in [0.1, 0.15) is 55.9 Å². The normalized spacial score (nSPS) is 21.4. The number of benzene rings is 3. The molecule has 1 saturated heterocycles. The number of morpholine rings is 1. The highest BCUT2D eigenvalue weighted by Crippen LogP contribution is 2.45. The number of hydrogen-bond donors (Lipinski definition) is 1. The number of hydrogen-bond acceptors (Lipinski definition) is 5. The van der Waals surface area contributed by atoms with Crippen molar-refractivity contribution in [3.63, 3.8) is 0 Å². The standard InChI is InChI=1S/C31H32Cl2FN3O5S/c1-2-23(18-36(43(40,41)24-14-15-24)26-9-4-3-8-25(26)34)37-29(19-10-12-21(32)13-11-19)30(20-6-5-7-22(33)16-20)42-27(31(37)39)17-28(35)38/h3-13,16,23-24,27,29-30H,2,14-15,17-18H2,1H3,(H2,35,38)/t23-,27+,29+,30+/m0/s1. The summed E-state index contributed by atoms with van der Waals surface area (Å²) in [5.74, 6) is -1.95. The summed E-state index contributed by atoms with van der Waals surface area (Å²) < 4.78 is 50.0. The lowest BCUT2D eigenvalue weighted by Crippen LogP contribution is -2.58. The predicted molar refractivity (Wildman–Crippen MR) is 164 cm³/mol. The van der Waals surface area contributed by atoms with Gasteiger partial charge < -0.3 is 15.4 Å². The number of para-hydroxylation sites is 1. The van der Waals surface area contributed by atoms with Crippen LogP contribution in [-0.4, -0.2) is 49.1 Å².